The average Bonchev–Trinajstić information content (AvgIpc) is 2.30. The summed E-state index contributed by atoms with van der Waals surface area (Å²) in [5, 5.41) is 0. The highest BCUT2D eigenvalue weighted by Crippen LogP contribution is 2.02. The van der Waals surface area contributed by atoms with Gasteiger partial charge in [-0.05, 0) is 25.2 Å². The summed E-state index contributed by atoms with van der Waals surface area (Å²) in [6.45, 7) is 13.8. The van der Waals surface area contributed by atoms with Crippen molar-refractivity contribution in [3.05, 3.63) is 25.3 Å². The van der Waals surface area contributed by atoms with Gasteiger partial charge >= 0.3 is 0 Å². The molecule has 6 heteroatoms. The molecule has 0 heterocycles. The summed E-state index contributed by atoms with van der Waals surface area (Å²) in [7, 11) is -3.00. The van der Waals surface area contributed by atoms with E-state index in [0.29, 0.717) is 0 Å². The van der Waals surface area contributed by atoms with Crippen LogP contribution in [0.5, 0.6) is 0 Å². The average molecular weight is 300 g/mol. The summed E-state index contributed by atoms with van der Waals surface area (Å²) in [6, 6.07) is 0. The smallest absolute Gasteiger partial charge is 0.177 e. The molecule has 2 N–H and O–H groups in total. The number of allylic oxidation sites excluding steroid dienone is 2. The van der Waals surface area contributed by atoms with Crippen molar-refractivity contribution in [2.75, 3.05) is 0 Å². The van der Waals surface area contributed by atoms with E-state index in [4.69, 9.17) is 18.9 Å². The minimum absolute atomic E-state index is 0.831. The number of hydrogen-bond acceptors (Lipinski definition) is 2. The van der Waals surface area contributed by atoms with Crippen molar-refractivity contribution in [2.24, 2.45) is 5.92 Å². The van der Waals surface area contributed by atoms with Gasteiger partial charge in [0.15, 0.2) is 17.4 Å². The van der Waals surface area contributed by atoms with E-state index < -0.39 is 17.4 Å². The molecule has 0 saturated heterocycles. The van der Waals surface area contributed by atoms with Gasteiger partial charge in [-0.1, -0.05) is 39.3 Å². The van der Waals surface area contributed by atoms with Crippen LogP contribution in [0.4, 0.5) is 0 Å². The molecule has 0 aromatic rings. The fourth-order valence-corrected chi connectivity index (χ4v) is 0.655. The van der Waals surface area contributed by atoms with Gasteiger partial charge in [0.2, 0.25) is 0 Å². The molecule has 2 unspecified atom stereocenters. The van der Waals surface area contributed by atoms with E-state index in [1.54, 1.807) is 0 Å². The Morgan fingerprint density at radius 1 is 1.06 bits per heavy atom. The Balaban J connectivity index is -0.0000000784. The van der Waals surface area contributed by atoms with Crippen molar-refractivity contribution >= 4 is 17.4 Å². The second kappa shape index (κ2) is 36.0. The lowest BCUT2D eigenvalue weighted by atomic mass is 10.1. The zero-order valence-corrected chi connectivity index (χ0v) is 14.1. The SMILES string of the molecule is C=CCCC.C=CCCC(C)C.O=[PH2]O.O=[PH2]O. The Hall–Kier alpha value is -0.140. The Bertz CT molecular complexity index is 167. The zero-order chi connectivity index (χ0) is 15.2. The molecular weight excluding hydrogens is 270 g/mol. The number of unbranched alkanes of at least 4 members (excludes halogenated alkanes) is 1. The third-order valence-corrected chi connectivity index (χ3v) is 1.44. The van der Waals surface area contributed by atoms with Crippen LogP contribution in [-0.2, 0) is 9.13 Å². The first-order valence-corrected chi connectivity index (χ1v) is 7.87. The maximum Gasteiger partial charge on any atom is 0.177 e. The predicted molar refractivity (Wildman–Crippen MR) is 84.6 cm³/mol. The van der Waals surface area contributed by atoms with Gasteiger partial charge in [0.1, 0.15) is 0 Å². The van der Waals surface area contributed by atoms with Gasteiger partial charge in [0.05, 0.1) is 0 Å². The van der Waals surface area contributed by atoms with Crippen molar-refractivity contribution in [3.8, 4) is 0 Å². The molecule has 0 aliphatic carbocycles. The quantitative estimate of drug-likeness (QED) is 0.597. The van der Waals surface area contributed by atoms with Gasteiger partial charge in [-0.3, -0.25) is 9.13 Å². The minimum Gasteiger partial charge on any atom is -0.348 e. The van der Waals surface area contributed by atoms with Gasteiger partial charge < -0.3 is 9.79 Å². The molecule has 0 spiro atoms. The van der Waals surface area contributed by atoms with Crippen molar-refractivity contribution in [1.29, 1.82) is 0 Å². The van der Waals surface area contributed by atoms with E-state index in [1.807, 2.05) is 12.2 Å². The van der Waals surface area contributed by atoms with Gasteiger partial charge in [-0.25, -0.2) is 0 Å². The summed E-state index contributed by atoms with van der Waals surface area (Å²) < 4.78 is 17.1. The maximum atomic E-state index is 8.57. The molecule has 0 bridgehead atoms. The summed E-state index contributed by atoms with van der Waals surface area (Å²) in [6.07, 6.45) is 8.73. The standard InChI is InChI=1S/C7H14.C5H10.2H3O2P/c1-4-5-6-7(2)3;1-3-5-4-2;2*1-3-2/h4,7H,1,5-6H2,2-3H3;3H,1,4-5H2,2H3;2*3H2,(H,1,2). The van der Waals surface area contributed by atoms with Gasteiger partial charge in [-0.15, -0.1) is 13.2 Å². The van der Waals surface area contributed by atoms with Crippen LogP contribution in [0.15, 0.2) is 25.3 Å². The first kappa shape index (κ1) is 26.4. The molecule has 0 aromatic heterocycles. The Morgan fingerprint density at radius 3 is 1.44 bits per heavy atom. The van der Waals surface area contributed by atoms with Crippen molar-refractivity contribution in [1.82, 2.24) is 0 Å². The van der Waals surface area contributed by atoms with Crippen LogP contribution in [-0.4, -0.2) is 9.79 Å². The lowest BCUT2D eigenvalue weighted by molar-refractivity contribution is 0.523. The molecule has 0 amide bonds. The van der Waals surface area contributed by atoms with E-state index in [2.05, 4.69) is 33.9 Å². The van der Waals surface area contributed by atoms with Crippen molar-refractivity contribution in [3.63, 3.8) is 0 Å². The van der Waals surface area contributed by atoms with Crippen LogP contribution in [0.2, 0.25) is 0 Å². The molecule has 0 fully saturated rings. The largest absolute Gasteiger partial charge is 0.348 e. The molecule has 112 valence electrons. The molecule has 0 aromatic carbocycles. The monoisotopic (exact) mass is 300 g/mol. The van der Waals surface area contributed by atoms with Crippen molar-refractivity contribution < 1.29 is 18.9 Å². The third-order valence-electron chi connectivity index (χ3n) is 1.44. The third kappa shape index (κ3) is 102. The molecule has 0 rings (SSSR count). The van der Waals surface area contributed by atoms with E-state index in [-0.39, 0.29) is 0 Å². The lowest BCUT2D eigenvalue weighted by Gasteiger charge is -1.96. The fraction of sp³-hybridized carbons (Fsp3) is 0.667. The summed E-state index contributed by atoms with van der Waals surface area (Å²) >= 11 is 0. The Labute approximate surface area is 114 Å². The second-order valence-electron chi connectivity index (χ2n) is 3.55. The normalized spacial score (nSPS) is 9.00. The van der Waals surface area contributed by atoms with E-state index in [0.717, 1.165) is 18.8 Å². The Morgan fingerprint density at radius 2 is 1.39 bits per heavy atom. The van der Waals surface area contributed by atoms with Gasteiger partial charge in [0, 0.05) is 0 Å². The van der Waals surface area contributed by atoms with Crippen molar-refractivity contribution in [2.45, 2.75) is 46.5 Å². The van der Waals surface area contributed by atoms with Crippen LogP contribution >= 0.6 is 17.4 Å². The lowest BCUT2D eigenvalue weighted by Crippen LogP contribution is -1.82. The predicted octanol–water partition coefficient (Wildman–Crippen LogP) is 3.88. The second-order valence-corrected chi connectivity index (χ2v) is 3.97. The van der Waals surface area contributed by atoms with E-state index in [9.17, 15) is 0 Å². The minimum atomic E-state index is -1.50. The topological polar surface area (TPSA) is 74.6 Å². The fourth-order valence-electron chi connectivity index (χ4n) is 0.655. The van der Waals surface area contributed by atoms with Crippen LogP contribution in [0, 0.1) is 5.92 Å². The molecule has 0 saturated carbocycles. The molecule has 0 aliphatic rings. The van der Waals surface area contributed by atoms with E-state index in [1.165, 1.54) is 12.8 Å². The number of hydrogen-bond donors (Lipinski definition) is 2. The maximum absolute atomic E-state index is 8.57. The first-order chi connectivity index (χ1) is 8.51. The summed E-state index contributed by atoms with van der Waals surface area (Å²) in [5.41, 5.74) is 0. The van der Waals surface area contributed by atoms with Crippen LogP contribution in [0.3, 0.4) is 0 Å². The molecule has 0 radical (unpaired) electrons. The molecule has 18 heavy (non-hydrogen) atoms. The van der Waals surface area contributed by atoms with Gasteiger partial charge in [0.25, 0.3) is 0 Å². The highest BCUT2D eigenvalue weighted by molar-refractivity contribution is 7.16. The Kier molecular flexibility index (Phi) is 52.8. The summed E-state index contributed by atoms with van der Waals surface area (Å²) in [4.78, 5) is 14.2. The van der Waals surface area contributed by atoms with Crippen LogP contribution < -0.4 is 0 Å². The molecule has 4 nitrogen and oxygen atoms in total. The molecule has 0 aliphatic heterocycles. The zero-order valence-electron chi connectivity index (χ0n) is 11.8. The highest BCUT2D eigenvalue weighted by atomic mass is 31.1. The highest BCUT2D eigenvalue weighted by Gasteiger charge is 1.87. The molecule has 2 atom stereocenters. The number of rotatable bonds is 5. The van der Waals surface area contributed by atoms with E-state index >= 15 is 0 Å². The first-order valence-electron chi connectivity index (χ1n) is 5.89. The summed E-state index contributed by atoms with van der Waals surface area (Å²) in [5.74, 6) is 0.831. The van der Waals surface area contributed by atoms with Crippen LogP contribution in [0.1, 0.15) is 46.5 Å². The van der Waals surface area contributed by atoms with Crippen LogP contribution in [0.25, 0.3) is 0 Å². The molecular formula is C12H30O4P2. The van der Waals surface area contributed by atoms with Gasteiger partial charge in [-0.2, -0.15) is 0 Å².